The number of halogens is 2. The van der Waals surface area contributed by atoms with Crippen molar-refractivity contribution in [1.82, 2.24) is 34.8 Å². The van der Waals surface area contributed by atoms with Crippen LogP contribution in [0, 0.1) is 11.6 Å². The van der Waals surface area contributed by atoms with Crippen LogP contribution >= 0.6 is 12.2 Å². The molecule has 3 aromatic carbocycles. The maximum atomic E-state index is 14.1. The van der Waals surface area contributed by atoms with Crippen LogP contribution in [-0.4, -0.2) is 53.1 Å². The minimum Gasteiger partial charge on any atom is -0.454 e. The van der Waals surface area contributed by atoms with Crippen LogP contribution in [-0.2, 0) is 25.1 Å². The molecule has 0 unspecified atom stereocenters. The van der Waals surface area contributed by atoms with Crippen LogP contribution in [0.4, 0.5) is 14.5 Å². The number of rotatable bonds is 9. The molecule has 0 amide bonds. The summed E-state index contributed by atoms with van der Waals surface area (Å²) in [5.41, 5.74) is 0.423. The third-order valence-corrected chi connectivity index (χ3v) is 6.63. The zero-order valence-corrected chi connectivity index (χ0v) is 23.6. The van der Waals surface area contributed by atoms with E-state index >= 15 is 0 Å². The van der Waals surface area contributed by atoms with Crippen molar-refractivity contribution in [2.24, 2.45) is 0 Å². The highest BCUT2D eigenvalue weighted by Gasteiger charge is 2.34. The first-order valence-corrected chi connectivity index (χ1v) is 13.6. The fraction of sp³-hybridized carbons (Fsp3) is 0.207. The van der Waals surface area contributed by atoms with Crippen LogP contribution in [0.2, 0.25) is 0 Å². The minimum absolute atomic E-state index is 0.0556. The van der Waals surface area contributed by atoms with Crippen molar-refractivity contribution in [1.29, 1.82) is 0 Å². The largest absolute Gasteiger partial charge is 0.454 e. The van der Waals surface area contributed by atoms with Gasteiger partial charge in [-0.25, -0.2) is 28.1 Å². The lowest BCUT2D eigenvalue weighted by Gasteiger charge is -2.28. The van der Waals surface area contributed by atoms with Crippen molar-refractivity contribution >= 4 is 23.0 Å². The number of ether oxygens (including phenoxy) is 2. The summed E-state index contributed by atoms with van der Waals surface area (Å²) in [4.78, 5) is 7.57. The quantitative estimate of drug-likeness (QED) is 0.214. The van der Waals surface area contributed by atoms with Crippen molar-refractivity contribution in [3.8, 4) is 11.5 Å². The van der Waals surface area contributed by atoms with E-state index in [1.165, 1.54) is 46.3 Å². The predicted molar refractivity (Wildman–Crippen MR) is 157 cm³/mol. The van der Waals surface area contributed by atoms with Crippen LogP contribution in [0.1, 0.15) is 11.1 Å². The zero-order valence-electron chi connectivity index (χ0n) is 22.8. The van der Waals surface area contributed by atoms with Crippen molar-refractivity contribution in [2.45, 2.75) is 25.1 Å². The number of para-hydroxylation sites is 1. The topological polar surface area (TPSA) is 124 Å². The molecule has 222 valence electrons. The summed E-state index contributed by atoms with van der Waals surface area (Å²) in [5.74, 6) is 0.0679. The van der Waals surface area contributed by atoms with Crippen LogP contribution in [0.25, 0.3) is 0 Å². The van der Waals surface area contributed by atoms with Gasteiger partial charge >= 0.3 is 0 Å². The molecule has 1 aliphatic rings. The van der Waals surface area contributed by atoms with E-state index in [-0.39, 0.29) is 18.7 Å². The van der Waals surface area contributed by atoms with E-state index < -0.39 is 17.2 Å². The summed E-state index contributed by atoms with van der Waals surface area (Å²) < 4.78 is 40.6. The molecule has 2 aromatic heterocycles. The highest BCUT2D eigenvalue weighted by Crippen LogP contribution is 2.32. The van der Waals surface area contributed by atoms with E-state index in [1.54, 1.807) is 0 Å². The summed E-state index contributed by atoms with van der Waals surface area (Å²) in [6, 6.07) is 18.9. The van der Waals surface area contributed by atoms with E-state index in [0.717, 1.165) is 42.3 Å². The molecule has 0 aliphatic carbocycles. The Morgan fingerprint density at radius 1 is 0.907 bits per heavy atom. The Morgan fingerprint density at radius 2 is 1.60 bits per heavy atom. The molecule has 3 N–H and O–H groups in total. The maximum absolute atomic E-state index is 14.1. The number of fused-ring (bicyclic) bond motifs is 1. The molecule has 0 saturated carbocycles. The molecule has 0 fully saturated rings. The number of aromatic nitrogens is 6. The Kier molecular flexibility index (Phi) is 9.49. The molecular formula is C29H28F2N8O3S. The van der Waals surface area contributed by atoms with Gasteiger partial charge in [-0.1, -0.05) is 30.3 Å². The molecule has 14 heteroatoms. The molecule has 0 radical (unpaired) electrons. The first-order chi connectivity index (χ1) is 20.9. The van der Waals surface area contributed by atoms with Gasteiger partial charge in [0.2, 0.25) is 6.79 Å². The zero-order chi connectivity index (χ0) is 30.1. The Bertz CT molecular complexity index is 1590. The average molecular weight is 607 g/mol. The van der Waals surface area contributed by atoms with Gasteiger partial charge in [-0.05, 0) is 54.5 Å². The second-order valence-electron chi connectivity index (χ2n) is 9.53. The summed E-state index contributed by atoms with van der Waals surface area (Å²) in [6.45, 7) is 0.922. The normalized spacial score (nSPS) is 11.9. The van der Waals surface area contributed by atoms with Gasteiger partial charge in [-0.2, -0.15) is 10.2 Å². The predicted octanol–water partition coefficient (Wildman–Crippen LogP) is 3.68. The average Bonchev–Trinajstić information content (AvgIpc) is 3.78. The second kappa shape index (κ2) is 13.8. The number of thiocarbonyl (C=S) groups is 1. The van der Waals surface area contributed by atoms with Crippen molar-refractivity contribution in [3.63, 3.8) is 0 Å². The first-order valence-electron chi connectivity index (χ1n) is 13.2. The number of hydrogen-bond donors (Lipinski definition) is 3. The lowest BCUT2D eigenvalue weighted by atomic mass is 9.93. The van der Waals surface area contributed by atoms with Crippen LogP contribution < -0.4 is 20.1 Å². The Labute approximate surface area is 251 Å². The van der Waals surface area contributed by atoms with Crippen LogP contribution in [0.15, 0.2) is 92.0 Å². The highest BCUT2D eigenvalue weighted by atomic mass is 32.1. The summed E-state index contributed by atoms with van der Waals surface area (Å²) in [5, 5.41) is 25.7. The monoisotopic (exact) mass is 606 g/mol. The number of hydrogen-bond acceptors (Lipinski definition) is 8. The van der Waals surface area contributed by atoms with E-state index in [0.29, 0.717) is 11.9 Å². The molecule has 1 aliphatic heterocycles. The Morgan fingerprint density at radius 3 is 2.26 bits per heavy atom. The van der Waals surface area contributed by atoms with Gasteiger partial charge in [0.1, 0.15) is 42.5 Å². The molecule has 11 nitrogen and oxygen atoms in total. The van der Waals surface area contributed by atoms with Crippen molar-refractivity contribution in [3.05, 3.63) is 115 Å². The molecular weight excluding hydrogens is 578 g/mol. The first kappa shape index (κ1) is 29.5. The fourth-order valence-corrected chi connectivity index (χ4v) is 4.59. The maximum Gasteiger partial charge on any atom is 0.231 e. The lowest BCUT2D eigenvalue weighted by molar-refractivity contribution is -0.00856. The van der Waals surface area contributed by atoms with E-state index in [1.807, 2.05) is 48.5 Å². The van der Waals surface area contributed by atoms with E-state index in [9.17, 15) is 13.9 Å². The van der Waals surface area contributed by atoms with Gasteiger partial charge in [0.05, 0.1) is 13.1 Å². The number of nitrogens with one attached hydrogen (secondary N) is 2. The minimum atomic E-state index is -1.70. The van der Waals surface area contributed by atoms with Gasteiger partial charge in [0.15, 0.2) is 16.6 Å². The third-order valence-electron chi connectivity index (χ3n) is 6.38. The summed E-state index contributed by atoms with van der Waals surface area (Å²) in [6.07, 6.45) is 6.27. The van der Waals surface area contributed by atoms with Gasteiger partial charge < -0.3 is 25.2 Å². The SMILES string of the molecule is OC(Cn1cncn1)(Cn1cncn1)c1ccc(F)cc1F.S=C(NCCc1ccc2c(c1)OCO2)Nc1ccccc1. The molecule has 0 atom stereocenters. The van der Waals surface area contributed by atoms with Crippen LogP contribution in [0.5, 0.6) is 11.5 Å². The smallest absolute Gasteiger partial charge is 0.231 e. The van der Waals surface area contributed by atoms with Gasteiger partial charge in [-0.3, -0.25) is 0 Å². The molecule has 0 saturated heterocycles. The third kappa shape index (κ3) is 8.08. The standard InChI is InChI=1S/C16H16N2O2S.C13H12F2N6O/c21-16(18-13-4-2-1-3-5-13)17-9-8-12-6-7-14-15(10-12)20-11-19-14;14-10-1-2-11(12(15)3-10)13(22,4-20-8-16-6-18-20)5-21-9-17-7-19-21/h1-7,10H,8-9,11H2,(H2,17,18,21);1-3,6-9,22H,4-5H2. The van der Waals surface area contributed by atoms with Gasteiger partial charge in [0.25, 0.3) is 0 Å². The molecule has 3 heterocycles. The van der Waals surface area contributed by atoms with E-state index in [2.05, 4.69) is 30.8 Å². The number of nitrogens with zero attached hydrogens (tertiary/aromatic N) is 6. The second-order valence-corrected chi connectivity index (χ2v) is 9.93. The fourth-order valence-electron chi connectivity index (χ4n) is 4.37. The summed E-state index contributed by atoms with van der Waals surface area (Å²) >= 11 is 5.26. The van der Waals surface area contributed by atoms with E-state index in [4.69, 9.17) is 21.7 Å². The number of anilines is 1. The number of benzene rings is 3. The Balaban J connectivity index is 0.000000171. The van der Waals surface area contributed by atoms with Gasteiger partial charge in [0, 0.05) is 23.9 Å². The molecule has 0 bridgehead atoms. The Hall–Kier alpha value is -4.95. The highest BCUT2D eigenvalue weighted by molar-refractivity contribution is 7.80. The molecule has 6 rings (SSSR count). The van der Waals surface area contributed by atoms with Crippen LogP contribution in [0.3, 0.4) is 0 Å². The molecule has 5 aromatic rings. The molecule has 0 spiro atoms. The number of aliphatic hydroxyl groups is 1. The molecule has 43 heavy (non-hydrogen) atoms. The summed E-state index contributed by atoms with van der Waals surface area (Å²) in [7, 11) is 0. The lowest BCUT2D eigenvalue weighted by Crippen LogP contribution is -2.37. The van der Waals surface area contributed by atoms with Gasteiger partial charge in [-0.15, -0.1) is 0 Å². The van der Waals surface area contributed by atoms with Crippen molar-refractivity contribution < 1.29 is 23.4 Å². The van der Waals surface area contributed by atoms with Crippen molar-refractivity contribution in [2.75, 3.05) is 18.7 Å².